The minimum Gasteiger partial charge on any atom is -0.336 e. The van der Waals surface area contributed by atoms with E-state index in [-0.39, 0.29) is 5.92 Å². The second kappa shape index (κ2) is 5.44. The summed E-state index contributed by atoms with van der Waals surface area (Å²) in [4.78, 5) is 0. The van der Waals surface area contributed by atoms with Crippen molar-refractivity contribution in [3.63, 3.8) is 0 Å². The molecule has 1 aromatic carbocycles. The van der Waals surface area contributed by atoms with Crippen LogP contribution in [0.4, 0.5) is 0 Å². The molecule has 0 saturated carbocycles. The van der Waals surface area contributed by atoms with Crippen molar-refractivity contribution in [2.45, 2.75) is 37.6 Å². The molecule has 0 unspecified atom stereocenters. The fourth-order valence-corrected chi connectivity index (χ4v) is 2.54. The van der Waals surface area contributed by atoms with E-state index in [4.69, 9.17) is 5.84 Å². The Balaban J connectivity index is 2.07. The molecule has 0 bridgehead atoms. The SMILES string of the molecule is Cc1cccc(CSc2nnc(C(C)C)n2N)c1. The molecular weight excluding hydrogens is 244 g/mol. The van der Waals surface area contributed by atoms with Gasteiger partial charge in [0.25, 0.3) is 0 Å². The molecule has 4 nitrogen and oxygen atoms in total. The normalized spacial score (nSPS) is 11.1. The van der Waals surface area contributed by atoms with Gasteiger partial charge in [0, 0.05) is 11.7 Å². The van der Waals surface area contributed by atoms with Crippen LogP contribution in [0, 0.1) is 6.92 Å². The first-order valence-electron chi connectivity index (χ1n) is 5.96. The third kappa shape index (κ3) is 2.85. The van der Waals surface area contributed by atoms with Gasteiger partial charge in [-0.05, 0) is 12.5 Å². The number of hydrogen-bond donors (Lipinski definition) is 1. The summed E-state index contributed by atoms with van der Waals surface area (Å²) in [6, 6.07) is 8.45. The Morgan fingerprint density at radius 3 is 2.72 bits per heavy atom. The van der Waals surface area contributed by atoms with Crippen LogP contribution >= 0.6 is 11.8 Å². The number of nitrogen functional groups attached to an aromatic ring is 1. The predicted molar refractivity (Wildman–Crippen MR) is 75.0 cm³/mol. The lowest BCUT2D eigenvalue weighted by Gasteiger charge is -2.05. The Hall–Kier alpha value is -1.49. The summed E-state index contributed by atoms with van der Waals surface area (Å²) >= 11 is 1.61. The molecule has 0 radical (unpaired) electrons. The van der Waals surface area contributed by atoms with Crippen LogP contribution in [0.1, 0.15) is 36.7 Å². The molecule has 1 aromatic heterocycles. The van der Waals surface area contributed by atoms with Crippen LogP contribution in [0.3, 0.4) is 0 Å². The van der Waals surface area contributed by atoms with Crippen LogP contribution in [0.15, 0.2) is 29.4 Å². The van der Waals surface area contributed by atoms with Gasteiger partial charge < -0.3 is 5.84 Å². The topological polar surface area (TPSA) is 56.7 Å². The zero-order valence-electron chi connectivity index (χ0n) is 10.9. The molecular formula is C13H18N4S. The van der Waals surface area contributed by atoms with E-state index < -0.39 is 0 Å². The highest BCUT2D eigenvalue weighted by Gasteiger charge is 2.12. The van der Waals surface area contributed by atoms with Gasteiger partial charge in [0.1, 0.15) is 0 Å². The number of aromatic nitrogens is 3. The molecule has 18 heavy (non-hydrogen) atoms. The zero-order chi connectivity index (χ0) is 13.1. The van der Waals surface area contributed by atoms with Crippen molar-refractivity contribution in [2.24, 2.45) is 0 Å². The Kier molecular flexibility index (Phi) is 3.91. The highest BCUT2D eigenvalue weighted by molar-refractivity contribution is 7.98. The first-order valence-corrected chi connectivity index (χ1v) is 6.95. The largest absolute Gasteiger partial charge is 0.336 e. The van der Waals surface area contributed by atoms with Crippen molar-refractivity contribution in [1.82, 2.24) is 14.9 Å². The molecule has 2 rings (SSSR count). The fourth-order valence-electron chi connectivity index (χ4n) is 1.73. The second-order valence-corrected chi connectivity index (χ2v) is 5.59. The van der Waals surface area contributed by atoms with Crippen LogP contribution in [0.5, 0.6) is 0 Å². The second-order valence-electron chi connectivity index (χ2n) is 4.64. The monoisotopic (exact) mass is 262 g/mol. The molecule has 0 fully saturated rings. The van der Waals surface area contributed by atoms with Crippen LogP contribution < -0.4 is 5.84 Å². The Bertz CT molecular complexity index is 534. The molecule has 5 heteroatoms. The number of aryl methyl sites for hydroxylation is 1. The van der Waals surface area contributed by atoms with Crippen molar-refractivity contribution in [3.8, 4) is 0 Å². The van der Waals surface area contributed by atoms with E-state index in [2.05, 4.69) is 55.2 Å². The van der Waals surface area contributed by atoms with Gasteiger partial charge in [-0.15, -0.1) is 10.2 Å². The summed E-state index contributed by atoms with van der Waals surface area (Å²) in [5, 5.41) is 9.00. The Morgan fingerprint density at radius 1 is 1.33 bits per heavy atom. The van der Waals surface area contributed by atoms with Gasteiger partial charge in [-0.25, -0.2) is 4.68 Å². The highest BCUT2D eigenvalue weighted by Crippen LogP contribution is 2.22. The average Bonchev–Trinajstić information content (AvgIpc) is 2.68. The minimum absolute atomic E-state index is 0.288. The smallest absolute Gasteiger partial charge is 0.210 e. The number of rotatable bonds is 4. The maximum Gasteiger partial charge on any atom is 0.210 e. The van der Waals surface area contributed by atoms with Crippen molar-refractivity contribution in [1.29, 1.82) is 0 Å². The quantitative estimate of drug-likeness (QED) is 0.680. The van der Waals surface area contributed by atoms with Gasteiger partial charge in [-0.3, -0.25) is 0 Å². The molecule has 0 aliphatic rings. The molecule has 2 aromatic rings. The summed E-state index contributed by atoms with van der Waals surface area (Å²) in [6.45, 7) is 6.21. The zero-order valence-corrected chi connectivity index (χ0v) is 11.7. The molecule has 96 valence electrons. The maximum absolute atomic E-state index is 5.97. The van der Waals surface area contributed by atoms with Crippen LogP contribution in [-0.4, -0.2) is 14.9 Å². The van der Waals surface area contributed by atoms with Gasteiger partial charge in [0.05, 0.1) is 0 Å². The number of hydrogen-bond acceptors (Lipinski definition) is 4. The number of nitrogens with two attached hydrogens (primary N) is 1. The lowest BCUT2D eigenvalue weighted by molar-refractivity contribution is 0.712. The molecule has 0 saturated heterocycles. The van der Waals surface area contributed by atoms with E-state index >= 15 is 0 Å². The first-order chi connectivity index (χ1) is 8.58. The van der Waals surface area contributed by atoms with E-state index in [9.17, 15) is 0 Å². The van der Waals surface area contributed by atoms with E-state index in [0.717, 1.165) is 16.7 Å². The van der Waals surface area contributed by atoms with E-state index in [1.54, 1.807) is 16.4 Å². The minimum atomic E-state index is 0.288. The van der Waals surface area contributed by atoms with Gasteiger partial charge in [0.15, 0.2) is 5.82 Å². The van der Waals surface area contributed by atoms with Gasteiger partial charge >= 0.3 is 0 Å². The fraction of sp³-hybridized carbons (Fsp3) is 0.385. The van der Waals surface area contributed by atoms with Crippen molar-refractivity contribution >= 4 is 11.8 Å². The summed E-state index contributed by atoms with van der Waals surface area (Å²) in [7, 11) is 0. The van der Waals surface area contributed by atoms with Crippen LogP contribution in [0.25, 0.3) is 0 Å². The third-order valence-electron chi connectivity index (χ3n) is 2.66. The molecule has 2 N–H and O–H groups in total. The molecule has 0 spiro atoms. The highest BCUT2D eigenvalue weighted by atomic mass is 32.2. The molecule has 0 atom stereocenters. The molecule has 0 amide bonds. The van der Waals surface area contributed by atoms with Crippen LogP contribution in [-0.2, 0) is 5.75 Å². The Morgan fingerprint density at radius 2 is 2.11 bits per heavy atom. The summed E-state index contributed by atoms with van der Waals surface area (Å²) < 4.78 is 1.59. The average molecular weight is 262 g/mol. The Labute approximate surface area is 112 Å². The lowest BCUT2D eigenvalue weighted by Crippen LogP contribution is -2.14. The standard InChI is InChI=1S/C13H18N4S/c1-9(2)12-15-16-13(17(12)14)18-8-11-6-4-5-10(3)7-11/h4-7,9H,8,14H2,1-3H3. The van der Waals surface area contributed by atoms with Gasteiger partial charge in [-0.2, -0.15) is 0 Å². The predicted octanol–water partition coefficient (Wildman–Crippen LogP) is 2.72. The van der Waals surface area contributed by atoms with E-state index in [1.165, 1.54) is 11.1 Å². The van der Waals surface area contributed by atoms with Crippen molar-refractivity contribution in [3.05, 3.63) is 41.2 Å². The number of nitrogens with zero attached hydrogens (tertiary/aromatic N) is 3. The van der Waals surface area contributed by atoms with Crippen molar-refractivity contribution < 1.29 is 0 Å². The maximum atomic E-state index is 5.97. The number of benzene rings is 1. The third-order valence-corrected chi connectivity index (χ3v) is 3.67. The van der Waals surface area contributed by atoms with Gasteiger partial charge in [0.2, 0.25) is 5.16 Å². The van der Waals surface area contributed by atoms with Gasteiger partial charge in [-0.1, -0.05) is 55.4 Å². The van der Waals surface area contributed by atoms with E-state index in [0.29, 0.717) is 0 Å². The number of thioether (sulfide) groups is 1. The molecule has 1 heterocycles. The molecule has 0 aliphatic heterocycles. The summed E-state index contributed by atoms with van der Waals surface area (Å²) in [6.07, 6.45) is 0. The van der Waals surface area contributed by atoms with Crippen LogP contribution in [0.2, 0.25) is 0 Å². The first kappa shape index (κ1) is 13.0. The summed E-state index contributed by atoms with van der Waals surface area (Å²) in [5.74, 6) is 7.93. The molecule has 0 aliphatic carbocycles. The summed E-state index contributed by atoms with van der Waals surface area (Å²) in [5.41, 5.74) is 2.54. The van der Waals surface area contributed by atoms with E-state index in [1.807, 2.05) is 0 Å². The van der Waals surface area contributed by atoms with Crippen molar-refractivity contribution in [2.75, 3.05) is 5.84 Å². The lowest BCUT2D eigenvalue weighted by atomic mass is 10.2.